The Bertz CT molecular complexity index is 847. The molecule has 0 aliphatic carbocycles. The lowest BCUT2D eigenvalue weighted by atomic mass is 10.00. The number of nitrogens with one attached hydrogen (secondary N) is 2. The standard InChI is InChI=1S/C20H23N3O/c1-23-8-2-4-16(23)12-15-13-22-19-7-6-14(10-17(15)19)11-18(21)20-5-3-9-24-20/h3,5-7,9-10,13,16,21-22H,2,4,8,11-12H2,1H3/t16-/m1/s1. The fourth-order valence-corrected chi connectivity index (χ4v) is 3.74. The molecule has 1 aromatic carbocycles. The summed E-state index contributed by atoms with van der Waals surface area (Å²) in [6.45, 7) is 1.21. The zero-order valence-corrected chi connectivity index (χ0v) is 14.0. The molecule has 0 unspecified atom stereocenters. The number of likely N-dealkylation sites (tertiary alicyclic amines) is 1. The van der Waals surface area contributed by atoms with Crippen LogP contribution in [-0.2, 0) is 12.8 Å². The Morgan fingerprint density at radius 2 is 2.29 bits per heavy atom. The largest absolute Gasteiger partial charge is 0.463 e. The average Bonchev–Trinajstić information content (AvgIpc) is 3.31. The molecule has 4 nitrogen and oxygen atoms in total. The molecule has 1 fully saturated rings. The highest BCUT2D eigenvalue weighted by atomic mass is 16.3. The lowest BCUT2D eigenvalue weighted by Crippen LogP contribution is -2.26. The quantitative estimate of drug-likeness (QED) is 0.698. The van der Waals surface area contributed by atoms with Gasteiger partial charge in [0.2, 0.25) is 0 Å². The molecule has 0 spiro atoms. The Morgan fingerprint density at radius 3 is 3.04 bits per heavy atom. The Labute approximate surface area is 142 Å². The van der Waals surface area contributed by atoms with Crippen molar-refractivity contribution in [3.8, 4) is 0 Å². The SMILES string of the molecule is CN1CCC[C@@H]1Cc1c[nH]c2ccc(CC(=N)c3ccco3)cc12. The maximum Gasteiger partial charge on any atom is 0.147 e. The molecular formula is C20H23N3O. The molecular weight excluding hydrogens is 298 g/mol. The molecule has 1 aliphatic heterocycles. The van der Waals surface area contributed by atoms with Gasteiger partial charge in [-0.2, -0.15) is 0 Å². The molecule has 0 amide bonds. The van der Waals surface area contributed by atoms with Crippen LogP contribution in [0, 0.1) is 5.41 Å². The van der Waals surface area contributed by atoms with Crippen LogP contribution in [0.4, 0.5) is 0 Å². The summed E-state index contributed by atoms with van der Waals surface area (Å²) in [5, 5.41) is 9.50. The maximum absolute atomic E-state index is 8.21. The van der Waals surface area contributed by atoms with Crippen molar-refractivity contribution in [2.45, 2.75) is 31.7 Å². The third-order valence-corrected chi connectivity index (χ3v) is 5.16. The van der Waals surface area contributed by atoms with Crippen LogP contribution in [0.2, 0.25) is 0 Å². The monoisotopic (exact) mass is 321 g/mol. The van der Waals surface area contributed by atoms with Gasteiger partial charge >= 0.3 is 0 Å². The summed E-state index contributed by atoms with van der Waals surface area (Å²) in [5.74, 6) is 0.650. The summed E-state index contributed by atoms with van der Waals surface area (Å²) in [4.78, 5) is 5.86. The van der Waals surface area contributed by atoms with E-state index in [9.17, 15) is 0 Å². The lowest BCUT2D eigenvalue weighted by Gasteiger charge is -2.18. The number of aromatic amines is 1. The minimum absolute atomic E-state index is 0.520. The third-order valence-electron chi connectivity index (χ3n) is 5.16. The topological polar surface area (TPSA) is 56.0 Å². The number of H-pyrrole nitrogens is 1. The molecule has 1 atom stereocenters. The van der Waals surface area contributed by atoms with Crippen molar-refractivity contribution in [1.82, 2.24) is 9.88 Å². The van der Waals surface area contributed by atoms with Gasteiger partial charge in [-0.05, 0) is 68.2 Å². The van der Waals surface area contributed by atoms with E-state index in [-0.39, 0.29) is 0 Å². The average molecular weight is 321 g/mol. The van der Waals surface area contributed by atoms with Crippen LogP contribution in [0.15, 0.2) is 47.2 Å². The molecule has 1 saturated heterocycles. The van der Waals surface area contributed by atoms with Gasteiger partial charge in [-0.25, -0.2) is 0 Å². The number of fused-ring (bicyclic) bond motifs is 1. The highest BCUT2D eigenvalue weighted by Gasteiger charge is 2.22. The van der Waals surface area contributed by atoms with Crippen molar-refractivity contribution in [3.05, 3.63) is 59.7 Å². The summed E-state index contributed by atoms with van der Waals surface area (Å²) in [6.07, 6.45) is 8.04. The first-order valence-corrected chi connectivity index (χ1v) is 8.61. The normalized spacial score (nSPS) is 18.5. The van der Waals surface area contributed by atoms with Gasteiger partial charge in [-0.3, -0.25) is 0 Å². The number of hydrogen-bond acceptors (Lipinski definition) is 3. The van der Waals surface area contributed by atoms with E-state index in [1.165, 1.54) is 35.9 Å². The van der Waals surface area contributed by atoms with Gasteiger partial charge in [0, 0.05) is 29.6 Å². The Kier molecular flexibility index (Phi) is 3.98. The number of aromatic nitrogens is 1. The first-order valence-electron chi connectivity index (χ1n) is 8.61. The molecule has 2 aromatic heterocycles. The first kappa shape index (κ1) is 15.2. The van der Waals surface area contributed by atoms with Gasteiger partial charge in [-0.1, -0.05) is 6.07 Å². The summed E-state index contributed by atoms with van der Waals surface area (Å²) in [7, 11) is 2.22. The fourth-order valence-electron chi connectivity index (χ4n) is 3.74. The number of rotatable bonds is 5. The predicted octanol–water partition coefficient (Wildman–Crippen LogP) is 4.01. The number of benzene rings is 1. The fraction of sp³-hybridized carbons (Fsp3) is 0.350. The lowest BCUT2D eigenvalue weighted by molar-refractivity contribution is 0.310. The smallest absolute Gasteiger partial charge is 0.147 e. The molecule has 1 aliphatic rings. The van der Waals surface area contributed by atoms with E-state index in [0.29, 0.717) is 23.9 Å². The second kappa shape index (κ2) is 6.29. The van der Waals surface area contributed by atoms with E-state index >= 15 is 0 Å². The third kappa shape index (κ3) is 2.89. The van der Waals surface area contributed by atoms with Crippen LogP contribution in [0.3, 0.4) is 0 Å². The van der Waals surface area contributed by atoms with Crippen molar-refractivity contribution in [3.63, 3.8) is 0 Å². The van der Waals surface area contributed by atoms with Gasteiger partial charge in [0.25, 0.3) is 0 Å². The molecule has 0 bridgehead atoms. The van der Waals surface area contributed by atoms with Crippen molar-refractivity contribution in [1.29, 1.82) is 5.41 Å². The van der Waals surface area contributed by atoms with E-state index in [2.05, 4.69) is 41.3 Å². The molecule has 3 heterocycles. The second-order valence-corrected chi connectivity index (χ2v) is 6.81. The predicted molar refractivity (Wildman–Crippen MR) is 96.9 cm³/mol. The van der Waals surface area contributed by atoms with E-state index in [1.807, 2.05) is 12.1 Å². The van der Waals surface area contributed by atoms with Crippen LogP contribution < -0.4 is 0 Å². The molecule has 0 radical (unpaired) electrons. The van der Waals surface area contributed by atoms with Gasteiger partial charge in [0.05, 0.1) is 12.0 Å². The van der Waals surface area contributed by atoms with Crippen molar-refractivity contribution >= 4 is 16.6 Å². The van der Waals surface area contributed by atoms with Crippen LogP contribution in [0.25, 0.3) is 10.9 Å². The van der Waals surface area contributed by atoms with Crippen LogP contribution in [0.1, 0.15) is 29.7 Å². The number of likely N-dealkylation sites (N-methyl/N-ethyl adjacent to an activating group) is 1. The Hall–Kier alpha value is -2.33. The highest BCUT2D eigenvalue weighted by Crippen LogP contribution is 2.26. The molecule has 4 rings (SSSR count). The molecule has 3 aromatic rings. The van der Waals surface area contributed by atoms with Crippen LogP contribution in [0.5, 0.6) is 0 Å². The minimum Gasteiger partial charge on any atom is -0.463 e. The molecule has 2 N–H and O–H groups in total. The molecule has 4 heteroatoms. The molecule has 24 heavy (non-hydrogen) atoms. The van der Waals surface area contributed by atoms with E-state index < -0.39 is 0 Å². The van der Waals surface area contributed by atoms with Crippen molar-refractivity contribution in [2.24, 2.45) is 0 Å². The van der Waals surface area contributed by atoms with E-state index in [0.717, 1.165) is 12.0 Å². The highest BCUT2D eigenvalue weighted by molar-refractivity contribution is 5.97. The van der Waals surface area contributed by atoms with Gasteiger partial charge in [-0.15, -0.1) is 0 Å². The summed E-state index contributed by atoms with van der Waals surface area (Å²) in [5.41, 5.74) is 4.24. The molecule has 124 valence electrons. The van der Waals surface area contributed by atoms with Crippen molar-refractivity contribution in [2.75, 3.05) is 13.6 Å². The number of furan rings is 1. The maximum atomic E-state index is 8.21. The Morgan fingerprint density at radius 1 is 1.38 bits per heavy atom. The summed E-state index contributed by atoms with van der Waals surface area (Å²) >= 11 is 0. The van der Waals surface area contributed by atoms with Gasteiger partial charge in [0.15, 0.2) is 0 Å². The van der Waals surface area contributed by atoms with Gasteiger partial charge in [0.1, 0.15) is 5.76 Å². The zero-order chi connectivity index (χ0) is 16.5. The van der Waals surface area contributed by atoms with Crippen molar-refractivity contribution < 1.29 is 4.42 Å². The van der Waals surface area contributed by atoms with E-state index in [1.54, 1.807) is 6.26 Å². The first-order chi connectivity index (χ1) is 11.7. The number of nitrogens with zero attached hydrogens (tertiary/aromatic N) is 1. The minimum atomic E-state index is 0.520. The zero-order valence-electron chi connectivity index (χ0n) is 14.0. The Balaban J connectivity index is 1.57. The summed E-state index contributed by atoms with van der Waals surface area (Å²) < 4.78 is 5.33. The van der Waals surface area contributed by atoms with Crippen LogP contribution in [-0.4, -0.2) is 35.2 Å². The molecule has 0 saturated carbocycles. The summed E-state index contributed by atoms with van der Waals surface area (Å²) in [6, 6.07) is 10.8. The van der Waals surface area contributed by atoms with Gasteiger partial charge < -0.3 is 19.7 Å². The van der Waals surface area contributed by atoms with Crippen LogP contribution >= 0.6 is 0 Å². The van der Waals surface area contributed by atoms with E-state index in [4.69, 9.17) is 9.83 Å². The second-order valence-electron chi connectivity index (χ2n) is 6.81. The number of hydrogen-bond donors (Lipinski definition) is 2.